The van der Waals surface area contributed by atoms with E-state index in [0.29, 0.717) is 0 Å². The second kappa shape index (κ2) is 3.63. The third-order valence-electron chi connectivity index (χ3n) is 1.41. The molecule has 4 nitrogen and oxygen atoms in total. The van der Waals surface area contributed by atoms with Crippen LogP contribution < -0.4 is 0 Å². The van der Waals surface area contributed by atoms with Gasteiger partial charge in [-0.2, -0.15) is 5.26 Å². The molecular weight excluding hydrogens is 175 g/mol. The summed E-state index contributed by atoms with van der Waals surface area (Å²) in [6.45, 7) is 0. The monoisotopic (exact) mass is 180 g/mol. The van der Waals surface area contributed by atoms with Gasteiger partial charge in [0.2, 0.25) is 0 Å². The van der Waals surface area contributed by atoms with Crippen molar-refractivity contribution in [1.82, 2.24) is 4.98 Å². The van der Waals surface area contributed by atoms with E-state index in [4.69, 9.17) is 5.26 Å². The number of pyridine rings is 1. The predicted octanol–water partition coefficient (Wildman–Crippen LogP) is 0.879. The molecular formula is C8H5FN2O2. The van der Waals surface area contributed by atoms with Crippen molar-refractivity contribution >= 4 is 5.97 Å². The van der Waals surface area contributed by atoms with E-state index >= 15 is 0 Å². The summed E-state index contributed by atoms with van der Waals surface area (Å²) in [6.07, 6.45) is 2.06. The fraction of sp³-hybridized carbons (Fsp3) is 0.125. The summed E-state index contributed by atoms with van der Waals surface area (Å²) in [7, 11) is 1.13. The molecule has 0 spiro atoms. The molecule has 0 atom stereocenters. The summed E-state index contributed by atoms with van der Waals surface area (Å²) < 4.78 is 17.4. The highest BCUT2D eigenvalue weighted by Gasteiger charge is 2.15. The molecule has 0 aromatic carbocycles. The van der Waals surface area contributed by atoms with Gasteiger partial charge in [0.15, 0.2) is 5.82 Å². The maximum Gasteiger partial charge on any atom is 0.342 e. The van der Waals surface area contributed by atoms with E-state index in [0.717, 1.165) is 19.5 Å². The summed E-state index contributed by atoms with van der Waals surface area (Å²) in [6, 6.07) is 1.57. The van der Waals surface area contributed by atoms with Crippen molar-refractivity contribution in [1.29, 1.82) is 5.26 Å². The number of esters is 1. The molecule has 0 bridgehead atoms. The lowest BCUT2D eigenvalue weighted by Crippen LogP contribution is -2.06. The molecule has 0 unspecified atom stereocenters. The quantitative estimate of drug-likeness (QED) is 0.602. The van der Waals surface area contributed by atoms with Gasteiger partial charge in [-0.3, -0.25) is 4.98 Å². The third-order valence-corrected chi connectivity index (χ3v) is 1.41. The summed E-state index contributed by atoms with van der Waals surface area (Å²) >= 11 is 0. The molecule has 0 amide bonds. The molecule has 66 valence electrons. The fourth-order valence-corrected chi connectivity index (χ4v) is 0.775. The van der Waals surface area contributed by atoms with Crippen molar-refractivity contribution in [3.63, 3.8) is 0 Å². The lowest BCUT2D eigenvalue weighted by molar-refractivity contribution is 0.0595. The Bertz CT molecular complexity index is 384. The molecule has 5 heteroatoms. The Labute approximate surface area is 73.6 Å². The number of carbonyl (C=O) groups excluding carboxylic acids is 1. The van der Waals surface area contributed by atoms with E-state index in [1.807, 2.05) is 0 Å². The first-order valence-electron chi connectivity index (χ1n) is 3.32. The fourth-order valence-electron chi connectivity index (χ4n) is 0.775. The Hall–Kier alpha value is -1.96. The van der Waals surface area contributed by atoms with Crippen LogP contribution in [0.3, 0.4) is 0 Å². The minimum Gasteiger partial charge on any atom is -0.465 e. The van der Waals surface area contributed by atoms with E-state index in [1.54, 1.807) is 6.07 Å². The highest BCUT2D eigenvalue weighted by Crippen LogP contribution is 2.10. The number of carbonyl (C=O) groups is 1. The van der Waals surface area contributed by atoms with E-state index < -0.39 is 11.8 Å². The Morgan fingerprint density at radius 2 is 2.38 bits per heavy atom. The van der Waals surface area contributed by atoms with Crippen LogP contribution in [0.25, 0.3) is 0 Å². The Kier molecular flexibility index (Phi) is 2.55. The molecule has 0 aliphatic carbocycles. The number of aromatic nitrogens is 1. The summed E-state index contributed by atoms with van der Waals surface area (Å²) in [4.78, 5) is 14.4. The van der Waals surface area contributed by atoms with Crippen molar-refractivity contribution < 1.29 is 13.9 Å². The molecule has 1 heterocycles. The minimum atomic E-state index is -0.899. The molecule has 0 N–H and O–H groups in total. The van der Waals surface area contributed by atoms with Crippen LogP contribution in [0.4, 0.5) is 4.39 Å². The van der Waals surface area contributed by atoms with Crippen LogP contribution in [0.5, 0.6) is 0 Å². The van der Waals surface area contributed by atoms with Crippen molar-refractivity contribution in [3.8, 4) is 6.07 Å². The topological polar surface area (TPSA) is 63.0 Å². The molecule has 1 rings (SSSR count). The second-order valence-corrected chi connectivity index (χ2v) is 2.15. The number of ether oxygens (including phenoxy) is 1. The minimum absolute atomic E-state index is 0.275. The van der Waals surface area contributed by atoms with Gasteiger partial charge >= 0.3 is 5.97 Å². The number of halogens is 1. The van der Waals surface area contributed by atoms with Gasteiger partial charge in [0.25, 0.3) is 0 Å². The number of nitriles is 1. The van der Waals surface area contributed by atoms with E-state index in [9.17, 15) is 9.18 Å². The Morgan fingerprint density at radius 1 is 1.69 bits per heavy atom. The SMILES string of the molecule is COC(=O)c1cncc(C#N)c1F. The van der Waals surface area contributed by atoms with Crippen LogP contribution in [0, 0.1) is 17.1 Å². The van der Waals surface area contributed by atoms with Crippen molar-refractivity contribution in [2.75, 3.05) is 7.11 Å². The molecule has 13 heavy (non-hydrogen) atoms. The molecule has 0 radical (unpaired) electrons. The number of hydrogen-bond acceptors (Lipinski definition) is 4. The standard InChI is InChI=1S/C8H5FN2O2/c1-13-8(12)6-4-11-3-5(2-10)7(6)9/h3-4H,1H3. The van der Waals surface area contributed by atoms with Crippen LogP contribution in [-0.2, 0) is 4.74 Å². The smallest absolute Gasteiger partial charge is 0.342 e. The van der Waals surface area contributed by atoms with Crippen LogP contribution >= 0.6 is 0 Å². The van der Waals surface area contributed by atoms with E-state index in [2.05, 4.69) is 9.72 Å². The van der Waals surface area contributed by atoms with Gasteiger partial charge in [-0.25, -0.2) is 9.18 Å². The normalized spacial score (nSPS) is 9.00. The van der Waals surface area contributed by atoms with Gasteiger partial charge in [0.05, 0.1) is 7.11 Å². The van der Waals surface area contributed by atoms with E-state index in [1.165, 1.54) is 0 Å². The first-order valence-corrected chi connectivity index (χ1v) is 3.32. The zero-order valence-electron chi connectivity index (χ0n) is 6.74. The average molecular weight is 180 g/mol. The third kappa shape index (κ3) is 1.62. The molecule has 1 aromatic rings. The number of rotatable bonds is 1. The molecule has 0 aliphatic heterocycles. The molecule has 0 fully saturated rings. The van der Waals surface area contributed by atoms with Gasteiger partial charge in [-0.15, -0.1) is 0 Å². The molecule has 0 saturated heterocycles. The van der Waals surface area contributed by atoms with Gasteiger partial charge in [-0.1, -0.05) is 0 Å². The van der Waals surface area contributed by atoms with Crippen LogP contribution in [-0.4, -0.2) is 18.1 Å². The van der Waals surface area contributed by atoms with Crippen LogP contribution in [0.2, 0.25) is 0 Å². The largest absolute Gasteiger partial charge is 0.465 e. The maximum atomic E-state index is 13.1. The molecule has 0 aliphatic rings. The lowest BCUT2D eigenvalue weighted by atomic mass is 10.2. The number of hydrogen-bond donors (Lipinski definition) is 0. The number of nitrogens with zero attached hydrogens (tertiary/aromatic N) is 2. The van der Waals surface area contributed by atoms with Gasteiger partial charge < -0.3 is 4.74 Å². The maximum absolute atomic E-state index is 13.1. The zero-order valence-corrected chi connectivity index (χ0v) is 6.74. The van der Waals surface area contributed by atoms with Gasteiger partial charge in [-0.05, 0) is 0 Å². The first-order chi connectivity index (χ1) is 6.20. The number of methoxy groups -OCH3 is 1. The van der Waals surface area contributed by atoms with Crippen LogP contribution in [0.15, 0.2) is 12.4 Å². The summed E-state index contributed by atoms with van der Waals surface area (Å²) in [5.41, 5.74) is -0.607. The highest BCUT2D eigenvalue weighted by atomic mass is 19.1. The van der Waals surface area contributed by atoms with Gasteiger partial charge in [0, 0.05) is 12.4 Å². The predicted molar refractivity (Wildman–Crippen MR) is 40.2 cm³/mol. The summed E-state index contributed by atoms with van der Waals surface area (Å²) in [5, 5.41) is 8.42. The van der Waals surface area contributed by atoms with Crippen LogP contribution in [0.1, 0.15) is 15.9 Å². The van der Waals surface area contributed by atoms with Crippen molar-refractivity contribution in [2.45, 2.75) is 0 Å². The van der Waals surface area contributed by atoms with Gasteiger partial charge in [0.1, 0.15) is 17.2 Å². The average Bonchev–Trinajstić information content (AvgIpc) is 2.17. The Morgan fingerprint density at radius 3 is 2.92 bits per heavy atom. The Balaban J connectivity index is 3.25. The summed E-state index contributed by atoms with van der Waals surface area (Å²) in [5.74, 6) is -1.74. The van der Waals surface area contributed by atoms with Crippen molar-refractivity contribution in [3.05, 3.63) is 29.3 Å². The lowest BCUT2D eigenvalue weighted by Gasteiger charge is -2.00. The second-order valence-electron chi connectivity index (χ2n) is 2.15. The van der Waals surface area contributed by atoms with E-state index in [-0.39, 0.29) is 11.1 Å². The first kappa shape index (κ1) is 9.13. The molecule has 1 aromatic heterocycles. The highest BCUT2D eigenvalue weighted by molar-refractivity contribution is 5.89. The zero-order chi connectivity index (χ0) is 9.84. The molecule has 0 saturated carbocycles. The van der Waals surface area contributed by atoms with Crippen molar-refractivity contribution in [2.24, 2.45) is 0 Å².